The number of anilines is 1. The Bertz CT molecular complexity index is 731. The van der Waals surface area contributed by atoms with E-state index in [1.54, 1.807) is 18.6 Å². The van der Waals surface area contributed by atoms with Gasteiger partial charge in [-0.2, -0.15) is 0 Å². The molecule has 7 heteroatoms. The van der Waals surface area contributed by atoms with Crippen molar-refractivity contribution >= 4 is 17.7 Å². The SMILES string of the molecule is O=C(N[C@@H](Cc1ccccc1)C(=O)O)C1CCN(c2cnccn2)CC1. The minimum Gasteiger partial charge on any atom is -0.480 e. The molecule has 2 N–H and O–H groups in total. The van der Waals surface area contributed by atoms with Gasteiger partial charge in [-0.1, -0.05) is 30.3 Å². The molecule has 7 nitrogen and oxygen atoms in total. The Labute approximate surface area is 152 Å². The molecule has 26 heavy (non-hydrogen) atoms. The number of nitrogens with zero attached hydrogens (tertiary/aromatic N) is 3. The third kappa shape index (κ3) is 4.56. The largest absolute Gasteiger partial charge is 0.480 e. The lowest BCUT2D eigenvalue weighted by Crippen LogP contribution is -2.47. The fraction of sp³-hybridized carbons (Fsp3) is 0.368. The highest BCUT2D eigenvalue weighted by Crippen LogP contribution is 2.21. The fourth-order valence-electron chi connectivity index (χ4n) is 3.16. The molecular weight excluding hydrogens is 332 g/mol. The van der Waals surface area contributed by atoms with Crippen molar-refractivity contribution in [3.8, 4) is 0 Å². The van der Waals surface area contributed by atoms with Crippen LogP contribution < -0.4 is 10.2 Å². The highest BCUT2D eigenvalue weighted by Gasteiger charge is 2.29. The van der Waals surface area contributed by atoms with Gasteiger partial charge in [-0.3, -0.25) is 9.78 Å². The number of benzene rings is 1. The molecule has 0 radical (unpaired) electrons. The van der Waals surface area contributed by atoms with E-state index in [4.69, 9.17) is 0 Å². The predicted molar refractivity (Wildman–Crippen MR) is 96.7 cm³/mol. The maximum Gasteiger partial charge on any atom is 0.326 e. The standard InChI is InChI=1S/C19H22N4O3/c24-18(22-16(19(25)26)12-14-4-2-1-3-5-14)15-6-10-23(11-7-15)17-13-20-8-9-21-17/h1-5,8-9,13,15-16H,6-7,10-12H2,(H,22,24)(H,25,26)/t16-/m0/s1. The number of piperidine rings is 1. The van der Waals surface area contributed by atoms with E-state index in [1.165, 1.54) is 0 Å². The topological polar surface area (TPSA) is 95.4 Å². The van der Waals surface area contributed by atoms with Crippen molar-refractivity contribution in [2.75, 3.05) is 18.0 Å². The summed E-state index contributed by atoms with van der Waals surface area (Å²) in [5.74, 6) is -0.578. The van der Waals surface area contributed by atoms with Crippen LogP contribution >= 0.6 is 0 Å². The van der Waals surface area contributed by atoms with Gasteiger partial charge in [-0.25, -0.2) is 9.78 Å². The number of carbonyl (C=O) groups is 2. The Hall–Kier alpha value is -2.96. The minimum absolute atomic E-state index is 0.180. The van der Waals surface area contributed by atoms with Crippen LogP contribution in [0.5, 0.6) is 0 Å². The first kappa shape index (κ1) is 17.8. The van der Waals surface area contributed by atoms with Gasteiger partial charge in [-0.15, -0.1) is 0 Å². The van der Waals surface area contributed by atoms with Gasteiger partial charge in [0.1, 0.15) is 11.9 Å². The molecule has 0 bridgehead atoms. The molecule has 2 aromatic rings. The summed E-state index contributed by atoms with van der Waals surface area (Å²) in [6, 6.07) is 8.41. The second-order valence-electron chi connectivity index (χ2n) is 6.41. The van der Waals surface area contributed by atoms with Crippen molar-refractivity contribution < 1.29 is 14.7 Å². The highest BCUT2D eigenvalue weighted by molar-refractivity contribution is 5.85. The first-order valence-corrected chi connectivity index (χ1v) is 8.71. The number of carboxylic acids is 1. The number of hydrogen-bond acceptors (Lipinski definition) is 5. The summed E-state index contributed by atoms with van der Waals surface area (Å²) < 4.78 is 0. The van der Waals surface area contributed by atoms with E-state index >= 15 is 0 Å². The number of amides is 1. The molecule has 1 aliphatic heterocycles. The molecule has 2 heterocycles. The molecule has 1 aromatic carbocycles. The van der Waals surface area contributed by atoms with E-state index in [0.717, 1.165) is 11.4 Å². The first-order valence-electron chi connectivity index (χ1n) is 8.71. The van der Waals surface area contributed by atoms with Crippen molar-refractivity contribution in [3.05, 3.63) is 54.5 Å². The summed E-state index contributed by atoms with van der Waals surface area (Å²) >= 11 is 0. The van der Waals surface area contributed by atoms with Crippen molar-refractivity contribution in [1.82, 2.24) is 15.3 Å². The summed E-state index contributed by atoms with van der Waals surface area (Å²) in [7, 11) is 0. The maximum atomic E-state index is 12.5. The smallest absolute Gasteiger partial charge is 0.326 e. The normalized spacial score (nSPS) is 16.1. The zero-order valence-corrected chi connectivity index (χ0v) is 14.4. The average molecular weight is 354 g/mol. The number of nitrogens with one attached hydrogen (secondary N) is 1. The number of aliphatic carboxylic acids is 1. The lowest BCUT2D eigenvalue weighted by molar-refractivity contribution is -0.142. The van der Waals surface area contributed by atoms with Gasteiger partial charge in [0, 0.05) is 37.8 Å². The van der Waals surface area contributed by atoms with E-state index in [0.29, 0.717) is 25.9 Å². The minimum atomic E-state index is -1.01. The summed E-state index contributed by atoms with van der Waals surface area (Å²) in [6.45, 7) is 1.40. The van der Waals surface area contributed by atoms with Gasteiger partial charge < -0.3 is 15.3 Å². The molecule has 136 valence electrons. The predicted octanol–water partition coefficient (Wildman–Crippen LogP) is 1.51. The Morgan fingerprint density at radius 3 is 2.54 bits per heavy atom. The fourth-order valence-corrected chi connectivity index (χ4v) is 3.16. The van der Waals surface area contributed by atoms with Crippen molar-refractivity contribution in [3.63, 3.8) is 0 Å². The van der Waals surface area contributed by atoms with E-state index < -0.39 is 12.0 Å². The van der Waals surface area contributed by atoms with Gasteiger partial charge in [0.05, 0.1) is 6.20 Å². The Balaban J connectivity index is 1.54. The second-order valence-corrected chi connectivity index (χ2v) is 6.41. The number of carboxylic acid groups (broad SMARTS) is 1. The third-order valence-electron chi connectivity index (χ3n) is 4.64. The molecule has 0 saturated carbocycles. The van der Waals surface area contributed by atoms with Crippen LogP contribution in [-0.4, -0.2) is 46.1 Å². The highest BCUT2D eigenvalue weighted by atomic mass is 16.4. The van der Waals surface area contributed by atoms with Crippen LogP contribution in [0.15, 0.2) is 48.9 Å². The van der Waals surface area contributed by atoms with E-state index in [9.17, 15) is 14.7 Å². The first-order chi connectivity index (χ1) is 12.6. The second kappa shape index (κ2) is 8.42. The quantitative estimate of drug-likeness (QED) is 0.816. The molecule has 1 atom stereocenters. The van der Waals surface area contributed by atoms with Crippen molar-refractivity contribution in [2.24, 2.45) is 5.92 Å². The Morgan fingerprint density at radius 2 is 1.92 bits per heavy atom. The van der Waals surface area contributed by atoms with Gasteiger partial charge >= 0.3 is 5.97 Å². The van der Waals surface area contributed by atoms with Crippen LogP contribution in [0, 0.1) is 5.92 Å². The van der Waals surface area contributed by atoms with E-state index in [-0.39, 0.29) is 18.2 Å². The Morgan fingerprint density at radius 1 is 1.19 bits per heavy atom. The Kier molecular flexibility index (Phi) is 5.78. The lowest BCUT2D eigenvalue weighted by atomic mass is 9.95. The lowest BCUT2D eigenvalue weighted by Gasteiger charge is -2.32. The van der Waals surface area contributed by atoms with Gasteiger partial charge in [0.15, 0.2) is 0 Å². The summed E-state index contributed by atoms with van der Waals surface area (Å²) in [4.78, 5) is 34.5. The zero-order chi connectivity index (χ0) is 18.4. The van der Waals surface area contributed by atoms with E-state index in [2.05, 4.69) is 20.2 Å². The molecular formula is C19H22N4O3. The summed E-state index contributed by atoms with van der Waals surface area (Å²) in [5, 5.41) is 12.1. The number of hydrogen-bond donors (Lipinski definition) is 2. The van der Waals surface area contributed by atoms with Crippen LogP contribution in [0.1, 0.15) is 18.4 Å². The molecule has 0 unspecified atom stereocenters. The summed E-state index contributed by atoms with van der Waals surface area (Å²) in [5.41, 5.74) is 0.887. The molecule has 1 amide bonds. The number of rotatable bonds is 6. The number of carbonyl (C=O) groups excluding carboxylic acids is 1. The summed E-state index contributed by atoms with van der Waals surface area (Å²) in [6.07, 6.45) is 6.60. The molecule has 1 aliphatic rings. The van der Waals surface area contributed by atoms with Crippen molar-refractivity contribution in [1.29, 1.82) is 0 Å². The van der Waals surface area contributed by atoms with Crippen LogP contribution in [0.4, 0.5) is 5.82 Å². The van der Waals surface area contributed by atoms with Crippen LogP contribution in [0.2, 0.25) is 0 Å². The zero-order valence-electron chi connectivity index (χ0n) is 14.4. The molecule has 0 aliphatic carbocycles. The monoisotopic (exact) mass is 354 g/mol. The van der Waals surface area contributed by atoms with Crippen molar-refractivity contribution in [2.45, 2.75) is 25.3 Å². The molecule has 1 aromatic heterocycles. The molecule has 0 spiro atoms. The van der Waals surface area contributed by atoms with E-state index in [1.807, 2.05) is 30.3 Å². The van der Waals surface area contributed by atoms with Crippen LogP contribution in [0.3, 0.4) is 0 Å². The molecule has 1 saturated heterocycles. The molecule has 3 rings (SSSR count). The van der Waals surface area contributed by atoms with Gasteiger partial charge in [0.25, 0.3) is 0 Å². The third-order valence-corrected chi connectivity index (χ3v) is 4.64. The van der Waals surface area contributed by atoms with Gasteiger partial charge in [-0.05, 0) is 18.4 Å². The maximum absolute atomic E-state index is 12.5. The molecule has 1 fully saturated rings. The number of aromatic nitrogens is 2. The van der Waals surface area contributed by atoms with Crippen LogP contribution in [0.25, 0.3) is 0 Å². The van der Waals surface area contributed by atoms with Gasteiger partial charge in [0.2, 0.25) is 5.91 Å². The van der Waals surface area contributed by atoms with Crippen LogP contribution in [-0.2, 0) is 16.0 Å². The average Bonchev–Trinajstić information content (AvgIpc) is 2.69.